The van der Waals surface area contributed by atoms with Gasteiger partial charge in [-0.15, -0.1) is 0 Å². The van der Waals surface area contributed by atoms with Gasteiger partial charge in [0.05, 0.1) is 11.4 Å². The molecule has 3 heteroatoms. The average Bonchev–Trinajstić information content (AvgIpc) is 2.33. The summed E-state index contributed by atoms with van der Waals surface area (Å²) in [7, 11) is 2.05. The Kier molecular flexibility index (Phi) is 3.85. The van der Waals surface area contributed by atoms with Gasteiger partial charge in [-0.2, -0.15) is 0 Å². The maximum Gasteiger partial charge on any atom is 0.0642 e. The SMILES string of the molecule is Cc1cc(C)c(N(C)c2ccc(Br)cc2N)cc1C. The summed E-state index contributed by atoms with van der Waals surface area (Å²) >= 11 is 3.44. The van der Waals surface area contributed by atoms with Crippen molar-refractivity contribution in [3.63, 3.8) is 0 Å². The first-order chi connectivity index (χ1) is 8.90. The van der Waals surface area contributed by atoms with Crippen LogP contribution in [0.1, 0.15) is 16.7 Å². The number of halogens is 1. The van der Waals surface area contributed by atoms with Crippen LogP contribution in [-0.2, 0) is 0 Å². The molecule has 0 atom stereocenters. The molecule has 100 valence electrons. The summed E-state index contributed by atoms with van der Waals surface area (Å²) in [6, 6.07) is 10.4. The Hall–Kier alpha value is -1.48. The number of benzene rings is 2. The quantitative estimate of drug-likeness (QED) is 0.811. The molecule has 0 heterocycles. The number of hydrogen-bond donors (Lipinski definition) is 1. The van der Waals surface area contributed by atoms with Gasteiger partial charge in [0, 0.05) is 17.2 Å². The molecule has 0 aliphatic rings. The van der Waals surface area contributed by atoms with Crippen molar-refractivity contribution in [1.29, 1.82) is 0 Å². The lowest BCUT2D eigenvalue weighted by molar-refractivity contribution is 1.16. The number of hydrogen-bond acceptors (Lipinski definition) is 2. The molecule has 0 bridgehead atoms. The Morgan fingerprint density at radius 1 is 0.895 bits per heavy atom. The zero-order chi connectivity index (χ0) is 14.2. The van der Waals surface area contributed by atoms with Crippen molar-refractivity contribution < 1.29 is 0 Å². The third kappa shape index (κ3) is 2.76. The summed E-state index contributed by atoms with van der Waals surface area (Å²) in [6.45, 7) is 6.41. The molecule has 0 aliphatic carbocycles. The van der Waals surface area contributed by atoms with Crippen molar-refractivity contribution in [2.75, 3.05) is 17.7 Å². The van der Waals surface area contributed by atoms with E-state index >= 15 is 0 Å². The maximum atomic E-state index is 6.11. The molecule has 0 saturated heterocycles. The third-order valence-corrected chi connectivity index (χ3v) is 4.02. The predicted octanol–water partition coefficient (Wildman–Crippen LogP) is 4.72. The molecule has 0 saturated carbocycles. The summed E-state index contributed by atoms with van der Waals surface area (Å²) in [6.07, 6.45) is 0. The highest BCUT2D eigenvalue weighted by Crippen LogP contribution is 2.33. The number of nitrogen functional groups attached to an aromatic ring is 1. The molecule has 0 aliphatic heterocycles. The second kappa shape index (κ2) is 5.25. The third-order valence-electron chi connectivity index (χ3n) is 3.52. The molecule has 2 rings (SSSR count). The van der Waals surface area contributed by atoms with Crippen LogP contribution in [0.2, 0.25) is 0 Å². The Morgan fingerprint density at radius 3 is 2.16 bits per heavy atom. The maximum absolute atomic E-state index is 6.11. The monoisotopic (exact) mass is 318 g/mol. The molecule has 2 N–H and O–H groups in total. The number of nitrogens with zero attached hydrogens (tertiary/aromatic N) is 1. The smallest absolute Gasteiger partial charge is 0.0642 e. The molecule has 0 aromatic heterocycles. The number of anilines is 3. The van der Waals surface area contributed by atoms with Gasteiger partial charge in [0.25, 0.3) is 0 Å². The van der Waals surface area contributed by atoms with Crippen molar-refractivity contribution in [2.24, 2.45) is 0 Å². The van der Waals surface area contributed by atoms with E-state index in [1.165, 1.54) is 22.4 Å². The Bertz CT molecular complexity index is 620. The van der Waals surface area contributed by atoms with E-state index < -0.39 is 0 Å². The number of rotatable bonds is 2. The van der Waals surface area contributed by atoms with Crippen molar-refractivity contribution in [1.82, 2.24) is 0 Å². The van der Waals surface area contributed by atoms with Crippen LogP contribution in [0, 0.1) is 20.8 Å². The first-order valence-corrected chi connectivity index (χ1v) is 7.06. The molecular formula is C16H19BrN2. The van der Waals surface area contributed by atoms with Crippen LogP contribution in [0.3, 0.4) is 0 Å². The fourth-order valence-electron chi connectivity index (χ4n) is 2.27. The molecule has 0 spiro atoms. The van der Waals surface area contributed by atoms with Gasteiger partial charge in [-0.3, -0.25) is 0 Å². The minimum atomic E-state index is 0.773. The summed E-state index contributed by atoms with van der Waals surface area (Å²) in [4.78, 5) is 2.14. The summed E-state index contributed by atoms with van der Waals surface area (Å²) < 4.78 is 0.999. The molecule has 0 radical (unpaired) electrons. The van der Waals surface area contributed by atoms with Crippen LogP contribution >= 0.6 is 15.9 Å². The molecule has 19 heavy (non-hydrogen) atoms. The van der Waals surface area contributed by atoms with Crippen LogP contribution < -0.4 is 10.6 Å². The van der Waals surface area contributed by atoms with E-state index in [2.05, 4.69) is 60.8 Å². The zero-order valence-corrected chi connectivity index (χ0v) is 13.4. The first kappa shape index (κ1) is 13.9. The fourth-order valence-corrected chi connectivity index (χ4v) is 2.65. The highest BCUT2D eigenvalue weighted by atomic mass is 79.9. The van der Waals surface area contributed by atoms with Gasteiger partial charge in [0.15, 0.2) is 0 Å². The van der Waals surface area contributed by atoms with E-state index in [1.54, 1.807) is 0 Å². The zero-order valence-electron chi connectivity index (χ0n) is 11.8. The largest absolute Gasteiger partial charge is 0.397 e. The Balaban J connectivity index is 2.49. The Morgan fingerprint density at radius 2 is 1.53 bits per heavy atom. The van der Waals surface area contributed by atoms with Crippen molar-refractivity contribution in [3.05, 3.63) is 51.5 Å². The van der Waals surface area contributed by atoms with Crippen molar-refractivity contribution in [2.45, 2.75) is 20.8 Å². The van der Waals surface area contributed by atoms with Gasteiger partial charge in [-0.25, -0.2) is 0 Å². The number of aryl methyl sites for hydroxylation is 3. The van der Waals surface area contributed by atoms with Crippen molar-refractivity contribution >= 4 is 33.0 Å². The lowest BCUT2D eigenvalue weighted by Gasteiger charge is -2.24. The summed E-state index contributed by atoms with van der Waals surface area (Å²) in [5.41, 5.74) is 13.0. The van der Waals surface area contributed by atoms with E-state index in [0.717, 1.165) is 15.8 Å². The second-order valence-electron chi connectivity index (χ2n) is 4.99. The molecule has 2 nitrogen and oxygen atoms in total. The summed E-state index contributed by atoms with van der Waals surface area (Å²) in [5.74, 6) is 0. The van der Waals surface area contributed by atoms with E-state index in [4.69, 9.17) is 5.73 Å². The van der Waals surface area contributed by atoms with E-state index in [9.17, 15) is 0 Å². The first-order valence-electron chi connectivity index (χ1n) is 6.26. The van der Waals surface area contributed by atoms with Crippen LogP contribution in [0.25, 0.3) is 0 Å². The van der Waals surface area contributed by atoms with E-state index in [-0.39, 0.29) is 0 Å². The van der Waals surface area contributed by atoms with Gasteiger partial charge in [0.2, 0.25) is 0 Å². The van der Waals surface area contributed by atoms with E-state index in [0.29, 0.717) is 0 Å². The van der Waals surface area contributed by atoms with Gasteiger partial charge in [-0.05, 0) is 61.7 Å². The van der Waals surface area contributed by atoms with E-state index in [1.807, 2.05) is 18.2 Å². The molecule has 2 aromatic rings. The number of nitrogens with two attached hydrogens (primary N) is 1. The van der Waals surface area contributed by atoms with Gasteiger partial charge >= 0.3 is 0 Å². The lowest BCUT2D eigenvalue weighted by atomic mass is 10.0. The molecule has 2 aromatic carbocycles. The second-order valence-corrected chi connectivity index (χ2v) is 5.90. The van der Waals surface area contributed by atoms with Crippen LogP contribution in [0.4, 0.5) is 17.1 Å². The lowest BCUT2D eigenvalue weighted by Crippen LogP contribution is -2.13. The molecule has 0 amide bonds. The van der Waals surface area contributed by atoms with Crippen LogP contribution in [0.5, 0.6) is 0 Å². The highest BCUT2D eigenvalue weighted by Gasteiger charge is 2.11. The summed E-state index contributed by atoms with van der Waals surface area (Å²) in [5, 5.41) is 0. The molecule has 0 fully saturated rings. The van der Waals surface area contributed by atoms with Gasteiger partial charge in [0.1, 0.15) is 0 Å². The Labute approximate surface area is 123 Å². The van der Waals surface area contributed by atoms with Gasteiger partial charge in [-0.1, -0.05) is 22.0 Å². The minimum absolute atomic E-state index is 0.773. The van der Waals surface area contributed by atoms with Gasteiger partial charge < -0.3 is 10.6 Å². The predicted molar refractivity (Wildman–Crippen MR) is 87.3 cm³/mol. The highest BCUT2D eigenvalue weighted by molar-refractivity contribution is 9.10. The standard InChI is InChI=1S/C16H19BrN2/c1-10-7-12(3)16(8-11(10)2)19(4)15-6-5-13(17)9-14(15)18/h5-9H,18H2,1-4H3. The molecular weight excluding hydrogens is 300 g/mol. The average molecular weight is 319 g/mol. The topological polar surface area (TPSA) is 29.3 Å². The van der Waals surface area contributed by atoms with Crippen LogP contribution in [-0.4, -0.2) is 7.05 Å². The van der Waals surface area contributed by atoms with Crippen molar-refractivity contribution in [3.8, 4) is 0 Å². The molecule has 0 unspecified atom stereocenters. The normalized spacial score (nSPS) is 10.6. The van der Waals surface area contributed by atoms with Crippen LogP contribution in [0.15, 0.2) is 34.8 Å². The fraction of sp³-hybridized carbons (Fsp3) is 0.250. The minimum Gasteiger partial charge on any atom is -0.397 e.